The molecule has 4 heteroatoms. The van der Waals surface area contributed by atoms with Crippen LogP contribution in [-0.2, 0) is 13.0 Å². The van der Waals surface area contributed by atoms with Gasteiger partial charge in [-0.3, -0.25) is 0 Å². The van der Waals surface area contributed by atoms with E-state index in [4.69, 9.17) is 11.6 Å². The largest absolute Gasteiger partial charge is 0.387 e. The van der Waals surface area contributed by atoms with Crippen molar-refractivity contribution < 1.29 is 5.11 Å². The SMILES string of the molecule is CCc1ccsc1CNCC(O)c1ccc(Cl)cc1. The van der Waals surface area contributed by atoms with E-state index in [2.05, 4.69) is 23.7 Å². The van der Waals surface area contributed by atoms with Gasteiger partial charge in [-0.1, -0.05) is 30.7 Å². The lowest BCUT2D eigenvalue weighted by molar-refractivity contribution is 0.174. The summed E-state index contributed by atoms with van der Waals surface area (Å²) < 4.78 is 0. The van der Waals surface area contributed by atoms with Gasteiger partial charge in [-0.25, -0.2) is 0 Å². The lowest BCUT2D eigenvalue weighted by Gasteiger charge is -2.12. The van der Waals surface area contributed by atoms with E-state index in [-0.39, 0.29) is 0 Å². The van der Waals surface area contributed by atoms with E-state index >= 15 is 0 Å². The first kappa shape index (κ1) is 14.5. The third-order valence-electron chi connectivity index (χ3n) is 3.10. The Morgan fingerprint density at radius 3 is 2.68 bits per heavy atom. The van der Waals surface area contributed by atoms with Crippen molar-refractivity contribution in [3.05, 3.63) is 56.7 Å². The zero-order chi connectivity index (χ0) is 13.7. The van der Waals surface area contributed by atoms with E-state index in [1.807, 2.05) is 12.1 Å². The van der Waals surface area contributed by atoms with Crippen LogP contribution in [0.4, 0.5) is 0 Å². The topological polar surface area (TPSA) is 32.3 Å². The van der Waals surface area contributed by atoms with E-state index in [0.29, 0.717) is 11.6 Å². The fraction of sp³-hybridized carbons (Fsp3) is 0.333. The molecule has 1 atom stereocenters. The molecule has 102 valence electrons. The Balaban J connectivity index is 1.84. The smallest absolute Gasteiger partial charge is 0.0914 e. The summed E-state index contributed by atoms with van der Waals surface area (Å²) in [5, 5.41) is 16.2. The molecule has 19 heavy (non-hydrogen) atoms. The maximum atomic E-state index is 10.1. The standard InChI is InChI=1S/C15H18ClNOS/c1-2-11-7-8-19-15(11)10-17-9-14(18)12-3-5-13(16)6-4-12/h3-8,14,17-18H,2,9-10H2,1H3. The third-order valence-corrected chi connectivity index (χ3v) is 4.31. The Labute approximate surface area is 123 Å². The molecule has 0 aliphatic heterocycles. The van der Waals surface area contributed by atoms with Crippen LogP contribution in [0.15, 0.2) is 35.7 Å². The van der Waals surface area contributed by atoms with Crippen LogP contribution in [0.5, 0.6) is 0 Å². The Hall–Kier alpha value is -0.870. The van der Waals surface area contributed by atoms with E-state index in [0.717, 1.165) is 18.5 Å². The van der Waals surface area contributed by atoms with Crippen molar-refractivity contribution in [2.45, 2.75) is 26.0 Å². The van der Waals surface area contributed by atoms with Crippen LogP contribution in [-0.4, -0.2) is 11.7 Å². The molecule has 0 aliphatic rings. The van der Waals surface area contributed by atoms with Crippen LogP contribution in [0.3, 0.4) is 0 Å². The first-order chi connectivity index (χ1) is 9.20. The molecule has 2 aromatic rings. The first-order valence-corrected chi connectivity index (χ1v) is 7.66. The monoisotopic (exact) mass is 295 g/mol. The van der Waals surface area contributed by atoms with Gasteiger partial charge in [0.25, 0.3) is 0 Å². The van der Waals surface area contributed by atoms with Gasteiger partial charge in [0.2, 0.25) is 0 Å². The molecule has 0 saturated carbocycles. The number of benzene rings is 1. The normalized spacial score (nSPS) is 12.6. The molecule has 1 unspecified atom stereocenters. The van der Waals surface area contributed by atoms with Crippen molar-refractivity contribution in [3.63, 3.8) is 0 Å². The maximum Gasteiger partial charge on any atom is 0.0914 e. The van der Waals surface area contributed by atoms with Crippen molar-refractivity contribution in [2.24, 2.45) is 0 Å². The van der Waals surface area contributed by atoms with Gasteiger partial charge in [0.05, 0.1) is 6.10 Å². The second-order valence-corrected chi connectivity index (χ2v) is 5.86. The fourth-order valence-corrected chi connectivity index (χ4v) is 3.03. The van der Waals surface area contributed by atoms with Gasteiger partial charge in [0.15, 0.2) is 0 Å². The van der Waals surface area contributed by atoms with Gasteiger partial charge in [0, 0.05) is 23.0 Å². The summed E-state index contributed by atoms with van der Waals surface area (Å²) in [4.78, 5) is 1.35. The summed E-state index contributed by atoms with van der Waals surface area (Å²) in [5.41, 5.74) is 2.28. The number of aliphatic hydroxyl groups is 1. The molecule has 0 amide bonds. The summed E-state index contributed by atoms with van der Waals surface area (Å²) in [6, 6.07) is 9.48. The van der Waals surface area contributed by atoms with Crippen LogP contribution >= 0.6 is 22.9 Å². The Morgan fingerprint density at radius 2 is 2.00 bits per heavy atom. The van der Waals surface area contributed by atoms with Crippen molar-refractivity contribution >= 4 is 22.9 Å². The van der Waals surface area contributed by atoms with Gasteiger partial charge < -0.3 is 10.4 Å². The van der Waals surface area contributed by atoms with E-state index in [1.165, 1.54) is 10.4 Å². The quantitative estimate of drug-likeness (QED) is 0.850. The van der Waals surface area contributed by atoms with Gasteiger partial charge in [-0.2, -0.15) is 0 Å². The lowest BCUT2D eigenvalue weighted by atomic mass is 10.1. The summed E-state index contributed by atoms with van der Waals surface area (Å²) in [7, 11) is 0. The number of hydrogen-bond donors (Lipinski definition) is 2. The predicted octanol–water partition coefficient (Wildman–Crippen LogP) is 3.79. The van der Waals surface area contributed by atoms with Gasteiger partial charge >= 0.3 is 0 Å². The average molecular weight is 296 g/mol. The second-order valence-electron chi connectivity index (χ2n) is 4.42. The zero-order valence-electron chi connectivity index (χ0n) is 10.9. The minimum atomic E-state index is -0.498. The lowest BCUT2D eigenvalue weighted by Crippen LogP contribution is -2.21. The molecule has 2 rings (SSSR count). The van der Waals surface area contributed by atoms with Gasteiger partial charge in [0.1, 0.15) is 0 Å². The Morgan fingerprint density at radius 1 is 1.26 bits per heavy atom. The average Bonchev–Trinajstić information content (AvgIpc) is 2.87. The first-order valence-electron chi connectivity index (χ1n) is 6.40. The number of thiophene rings is 1. The van der Waals surface area contributed by atoms with Crippen molar-refractivity contribution in [3.8, 4) is 0 Å². The Kier molecular flexibility index (Phi) is 5.40. The van der Waals surface area contributed by atoms with Crippen LogP contribution in [0.1, 0.15) is 29.0 Å². The molecule has 2 nitrogen and oxygen atoms in total. The molecule has 0 radical (unpaired) electrons. The summed E-state index contributed by atoms with van der Waals surface area (Å²) >= 11 is 7.59. The number of aliphatic hydroxyl groups excluding tert-OH is 1. The third kappa shape index (κ3) is 4.05. The Bertz CT molecular complexity index is 509. The highest BCUT2D eigenvalue weighted by molar-refractivity contribution is 7.10. The van der Waals surface area contributed by atoms with Crippen LogP contribution in [0.25, 0.3) is 0 Å². The molecule has 1 heterocycles. The molecule has 0 saturated heterocycles. The van der Waals surface area contributed by atoms with E-state index in [1.54, 1.807) is 23.5 Å². The highest BCUT2D eigenvalue weighted by Gasteiger charge is 2.08. The number of nitrogens with one attached hydrogen (secondary N) is 1. The van der Waals surface area contributed by atoms with Crippen molar-refractivity contribution in [1.82, 2.24) is 5.32 Å². The zero-order valence-corrected chi connectivity index (χ0v) is 12.5. The molecule has 1 aromatic carbocycles. The highest BCUT2D eigenvalue weighted by Crippen LogP contribution is 2.18. The molecule has 0 spiro atoms. The second kappa shape index (κ2) is 7.06. The number of hydrogen-bond acceptors (Lipinski definition) is 3. The number of aryl methyl sites for hydroxylation is 1. The predicted molar refractivity (Wildman–Crippen MR) is 81.8 cm³/mol. The van der Waals surface area contributed by atoms with E-state index < -0.39 is 6.10 Å². The fourth-order valence-electron chi connectivity index (χ4n) is 1.96. The molecular formula is C15H18ClNOS. The maximum absolute atomic E-state index is 10.1. The molecule has 0 fully saturated rings. The molecule has 1 aromatic heterocycles. The van der Waals surface area contributed by atoms with Crippen LogP contribution < -0.4 is 5.32 Å². The molecule has 0 bridgehead atoms. The molecular weight excluding hydrogens is 278 g/mol. The minimum absolute atomic E-state index is 0.498. The van der Waals surface area contributed by atoms with Crippen LogP contribution in [0, 0.1) is 0 Å². The van der Waals surface area contributed by atoms with Crippen molar-refractivity contribution in [1.29, 1.82) is 0 Å². The minimum Gasteiger partial charge on any atom is -0.387 e. The number of halogens is 1. The summed E-state index contributed by atoms with van der Waals surface area (Å²) in [6.07, 6.45) is 0.558. The van der Waals surface area contributed by atoms with Gasteiger partial charge in [-0.15, -0.1) is 11.3 Å². The molecule has 2 N–H and O–H groups in total. The van der Waals surface area contributed by atoms with Crippen molar-refractivity contribution in [2.75, 3.05) is 6.54 Å². The molecule has 0 aliphatic carbocycles. The van der Waals surface area contributed by atoms with Crippen LogP contribution in [0.2, 0.25) is 5.02 Å². The van der Waals surface area contributed by atoms with E-state index in [9.17, 15) is 5.11 Å². The number of rotatable bonds is 6. The summed E-state index contributed by atoms with van der Waals surface area (Å²) in [5.74, 6) is 0. The van der Waals surface area contributed by atoms with Gasteiger partial charge in [-0.05, 0) is 41.1 Å². The highest BCUT2D eigenvalue weighted by atomic mass is 35.5. The summed E-state index contributed by atoms with van der Waals surface area (Å²) in [6.45, 7) is 3.52.